The first-order valence-electron chi connectivity index (χ1n) is 9.67. The molecular weight excluding hydrogens is 427 g/mol. The molecule has 0 aliphatic carbocycles. The molecule has 0 fully saturated rings. The summed E-state index contributed by atoms with van der Waals surface area (Å²) in [4.78, 5) is 0. The molecule has 0 amide bonds. The number of hydrogen-bond acceptors (Lipinski definition) is 0. The Hall–Kier alpha value is -1.21. The molecule has 0 heterocycles. The molecule has 142 valence electrons. The third-order valence-electron chi connectivity index (χ3n) is 5.52. The first kappa shape index (κ1) is 20.5. The van der Waals surface area contributed by atoms with Crippen molar-refractivity contribution in [2.24, 2.45) is 0 Å². The van der Waals surface area contributed by atoms with Crippen LogP contribution in [-0.2, 0) is 0 Å². The summed E-state index contributed by atoms with van der Waals surface area (Å²) in [5.41, 5.74) is 0.509. The van der Waals surface area contributed by atoms with Crippen LogP contribution in [0.3, 0.4) is 0 Å². The summed E-state index contributed by atoms with van der Waals surface area (Å²) in [6.45, 7) is 9.92. The molecule has 3 heteroatoms. The van der Waals surface area contributed by atoms with Crippen LogP contribution in [-0.4, -0.2) is 13.7 Å². The maximum atomic E-state index is 4.59. The summed E-state index contributed by atoms with van der Waals surface area (Å²) in [5, 5.41) is 1.46. The van der Waals surface area contributed by atoms with E-state index in [9.17, 15) is 0 Å². The zero-order valence-corrected chi connectivity index (χ0v) is 20.3. The van der Waals surface area contributed by atoms with Crippen molar-refractivity contribution in [2.75, 3.05) is 0 Å². The van der Waals surface area contributed by atoms with Crippen LogP contribution in [0.1, 0.15) is 6.92 Å². The summed E-state index contributed by atoms with van der Waals surface area (Å²) in [7, 11) is -1.27. The first-order chi connectivity index (χ1) is 12.8. The summed E-state index contributed by atoms with van der Waals surface area (Å²) in [6.07, 6.45) is 0. The van der Waals surface area contributed by atoms with Gasteiger partial charge < -0.3 is 0 Å². The fourth-order valence-corrected chi connectivity index (χ4v) is 17.3. The van der Waals surface area contributed by atoms with Gasteiger partial charge in [-0.2, -0.15) is 0 Å². The van der Waals surface area contributed by atoms with Crippen molar-refractivity contribution in [3.63, 3.8) is 0 Å². The van der Waals surface area contributed by atoms with E-state index in [1.54, 1.807) is 0 Å². The molecule has 0 aliphatic rings. The maximum absolute atomic E-state index is 4.59. The molecule has 0 saturated carbocycles. The van der Waals surface area contributed by atoms with Gasteiger partial charge in [0.25, 0.3) is 0 Å². The molecule has 0 N–H and O–H groups in total. The van der Waals surface area contributed by atoms with E-state index in [-0.39, 0.29) is 0 Å². The average Bonchev–Trinajstić information content (AvgIpc) is 2.68. The molecular formula is C24H30BrPSi. The Bertz CT molecular complexity index is 773. The molecule has 0 nitrogen and oxygen atoms in total. The topological polar surface area (TPSA) is 0 Å². The summed E-state index contributed by atoms with van der Waals surface area (Å²) < 4.78 is 0. The predicted octanol–water partition coefficient (Wildman–Crippen LogP) is 6.55. The zero-order chi connectivity index (χ0) is 19.6. The fourth-order valence-electron chi connectivity index (χ4n) is 4.43. The SMILES string of the molecule is CC(C[Si](C)(C)C)P(Br)(c1ccccc1)(c1ccccc1)c1ccccc1. The van der Waals surface area contributed by atoms with Crippen LogP contribution >= 0.6 is 20.8 Å². The minimum atomic E-state index is -2.81. The van der Waals surface area contributed by atoms with Gasteiger partial charge in [-0.25, -0.2) is 0 Å². The molecule has 1 atom stereocenters. The minimum absolute atomic E-state index is 0.509. The molecule has 0 radical (unpaired) electrons. The summed E-state index contributed by atoms with van der Waals surface area (Å²) in [5.74, 6) is 0. The number of rotatable bonds is 6. The Morgan fingerprint density at radius 3 is 1.22 bits per heavy atom. The van der Waals surface area contributed by atoms with Crippen LogP contribution < -0.4 is 15.9 Å². The third-order valence-corrected chi connectivity index (χ3v) is 19.2. The number of hydrogen-bond donors (Lipinski definition) is 0. The van der Waals surface area contributed by atoms with Gasteiger partial charge in [0.2, 0.25) is 0 Å². The van der Waals surface area contributed by atoms with Crippen LogP contribution in [0.4, 0.5) is 0 Å². The molecule has 3 aromatic rings. The summed E-state index contributed by atoms with van der Waals surface area (Å²) in [6, 6.07) is 34.7. The molecule has 0 spiro atoms. The molecule has 0 aliphatic heterocycles. The van der Waals surface area contributed by atoms with Crippen LogP contribution in [0.15, 0.2) is 91.0 Å². The second-order valence-corrected chi connectivity index (χ2v) is 23.2. The van der Waals surface area contributed by atoms with Crippen LogP contribution in [0, 0.1) is 0 Å². The number of benzene rings is 3. The van der Waals surface area contributed by atoms with Crippen molar-refractivity contribution in [1.82, 2.24) is 0 Å². The van der Waals surface area contributed by atoms with Crippen LogP contribution in [0.2, 0.25) is 25.7 Å². The van der Waals surface area contributed by atoms with Crippen LogP contribution in [0.25, 0.3) is 0 Å². The van der Waals surface area contributed by atoms with Gasteiger partial charge in [0.15, 0.2) is 0 Å². The molecule has 1 unspecified atom stereocenters. The zero-order valence-electron chi connectivity index (χ0n) is 16.8. The van der Waals surface area contributed by atoms with E-state index in [0.29, 0.717) is 5.66 Å². The van der Waals surface area contributed by atoms with Crippen molar-refractivity contribution in [3.8, 4) is 0 Å². The van der Waals surface area contributed by atoms with E-state index < -0.39 is 13.4 Å². The van der Waals surface area contributed by atoms with Gasteiger partial charge >= 0.3 is 174 Å². The van der Waals surface area contributed by atoms with E-state index in [4.69, 9.17) is 0 Å². The predicted molar refractivity (Wildman–Crippen MR) is 132 cm³/mol. The van der Waals surface area contributed by atoms with E-state index in [0.717, 1.165) is 0 Å². The third kappa shape index (κ3) is 3.60. The second kappa shape index (κ2) is 7.66. The quantitative estimate of drug-likeness (QED) is 0.291. The molecule has 0 aromatic heterocycles. The standard InChI is InChI=1S/C24H30BrPSi/c1-21(20-27(2,3)4)26(25,22-14-8-5-9-15-22,23-16-10-6-11-17-23)24-18-12-7-13-19-24/h5-19,21H,20H2,1-4H3. The Kier molecular flexibility index (Phi) is 5.82. The van der Waals surface area contributed by atoms with Gasteiger partial charge in [0, 0.05) is 0 Å². The van der Waals surface area contributed by atoms with Gasteiger partial charge in [-0.05, 0) is 0 Å². The van der Waals surface area contributed by atoms with E-state index in [1.807, 2.05) is 0 Å². The molecule has 27 heavy (non-hydrogen) atoms. The molecule has 3 rings (SSSR count). The number of halogens is 1. The van der Waals surface area contributed by atoms with Crippen molar-refractivity contribution >= 4 is 44.8 Å². The first-order valence-corrected chi connectivity index (χ1v) is 17.7. The van der Waals surface area contributed by atoms with Gasteiger partial charge in [-0.3, -0.25) is 0 Å². The molecule has 0 bridgehead atoms. The van der Waals surface area contributed by atoms with Crippen molar-refractivity contribution in [2.45, 2.75) is 38.3 Å². The van der Waals surface area contributed by atoms with E-state index in [1.165, 1.54) is 22.0 Å². The van der Waals surface area contributed by atoms with Gasteiger partial charge in [0.1, 0.15) is 0 Å². The monoisotopic (exact) mass is 456 g/mol. The van der Waals surface area contributed by atoms with Gasteiger partial charge in [0.05, 0.1) is 0 Å². The Morgan fingerprint density at radius 1 is 0.667 bits per heavy atom. The normalized spacial score (nSPS) is 14.9. The Morgan fingerprint density at radius 2 is 0.963 bits per heavy atom. The summed E-state index contributed by atoms with van der Waals surface area (Å²) >= 11 is 4.59. The van der Waals surface area contributed by atoms with Crippen molar-refractivity contribution in [3.05, 3.63) is 91.0 Å². The van der Waals surface area contributed by atoms with E-state index in [2.05, 4.69) is 133 Å². The van der Waals surface area contributed by atoms with Crippen molar-refractivity contribution in [1.29, 1.82) is 0 Å². The fraction of sp³-hybridized carbons (Fsp3) is 0.250. The van der Waals surface area contributed by atoms with E-state index >= 15 is 0 Å². The molecule has 3 aromatic carbocycles. The van der Waals surface area contributed by atoms with Gasteiger partial charge in [-0.15, -0.1) is 0 Å². The van der Waals surface area contributed by atoms with Gasteiger partial charge in [-0.1, -0.05) is 0 Å². The second-order valence-electron chi connectivity index (χ2n) is 8.69. The molecule has 0 saturated heterocycles. The average molecular weight is 457 g/mol. The Balaban J connectivity index is 2.43. The Labute approximate surface area is 173 Å². The van der Waals surface area contributed by atoms with Crippen molar-refractivity contribution < 1.29 is 0 Å². The van der Waals surface area contributed by atoms with Crippen LogP contribution in [0.5, 0.6) is 0 Å².